The fraction of sp³-hybridized carbons (Fsp3) is 0.130. The summed E-state index contributed by atoms with van der Waals surface area (Å²) in [6, 6.07) is 24.8. The van der Waals surface area contributed by atoms with Crippen LogP contribution >= 0.6 is 23.8 Å². The van der Waals surface area contributed by atoms with Crippen molar-refractivity contribution in [3.63, 3.8) is 0 Å². The number of hydrogen-bond donors (Lipinski definition) is 2. The number of hydrogen-bond acceptors (Lipinski definition) is 3. The number of nitrogens with one attached hydrogen (secondary N) is 2. The predicted molar refractivity (Wildman–Crippen MR) is 122 cm³/mol. The number of ether oxygens (including phenoxy) is 1. The molecule has 148 valence electrons. The normalized spacial score (nSPS) is 10.2. The Morgan fingerprint density at radius 1 is 0.897 bits per heavy atom. The molecule has 3 rings (SSSR count). The van der Waals surface area contributed by atoms with Crippen molar-refractivity contribution in [1.82, 2.24) is 5.32 Å². The lowest BCUT2D eigenvalue weighted by atomic mass is 10.1. The third kappa shape index (κ3) is 7.22. The van der Waals surface area contributed by atoms with Crippen LogP contribution in [0.25, 0.3) is 0 Å². The zero-order valence-corrected chi connectivity index (χ0v) is 17.3. The Morgan fingerprint density at radius 2 is 1.59 bits per heavy atom. The van der Waals surface area contributed by atoms with Crippen LogP contribution in [0, 0.1) is 0 Å². The van der Waals surface area contributed by atoms with E-state index in [0.717, 1.165) is 23.4 Å². The molecule has 29 heavy (non-hydrogen) atoms. The summed E-state index contributed by atoms with van der Waals surface area (Å²) in [6.45, 7) is 0.607. The van der Waals surface area contributed by atoms with Crippen LogP contribution in [-0.4, -0.2) is 17.6 Å². The molecule has 0 aliphatic carbocycles. The van der Waals surface area contributed by atoms with Crippen molar-refractivity contribution in [2.75, 3.05) is 11.9 Å². The van der Waals surface area contributed by atoms with E-state index < -0.39 is 0 Å². The molecule has 0 aliphatic rings. The summed E-state index contributed by atoms with van der Waals surface area (Å²) >= 11 is 11.1. The molecule has 0 saturated carbocycles. The summed E-state index contributed by atoms with van der Waals surface area (Å²) < 4.78 is 5.77. The fourth-order valence-electron chi connectivity index (χ4n) is 2.69. The molecule has 0 saturated heterocycles. The van der Waals surface area contributed by atoms with Crippen LogP contribution in [0.1, 0.15) is 11.1 Å². The van der Waals surface area contributed by atoms with Crippen molar-refractivity contribution in [2.45, 2.75) is 12.8 Å². The monoisotopic (exact) mass is 424 g/mol. The second-order valence-electron chi connectivity index (χ2n) is 6.41. The Bertz CT molecular complexity index is 945. The van der Waals surface area contributed by atoms with Crippen molar-refractivity contribution < 1.29 is 9.53 Å². The van der Waals surface area contributed by atoms with E-state index in [4.69, 9.17) is 28.6 Å². The zero-order chi connectivity index (χ0) is 20.5. The Hall–Kier alpha value is -2.89. The van der Waals surface area contributed by atoms with Crippen LogP contribution in [0.15, 0.2) is 78.9 Å². The van der Waals surface area contributed by atoms with Gasteiger partial charge in [-0.15, -0.1) is 0 Å². The lowest BCUT2D eigenvalue weighted by molar-refractivity contribution is -0.119. The molecule has 0 spiro atoms. The van der Waals surface area contributed by atoms with Gasteiger partial charge < -0.3 is 15.4 Å². The number of rotatable bonds is 7. The van der Waals surface area contributed by atoms with Gasteiger partial charge in [-0.3, -0.25) is 4.79 Å². The first-order valence-corrected chi connectivity index (χ1v) is 9.99. The summed E-state index contributed by atoms with van der Waals surface area (Å²) in [6.07, 6.45) is 1.08. The molecule has 0 unspecified atom stereocenters. The van der Waals surface area contributed by atoms with Crippen LogP contribution in [-0.2, 0) is 17.6 Å². The van der Waals surface area contributed by atoms with E-state index in [-0.39, 0.29) is 17.4 Å². The summed E-state index contributed by atoms with van der Waals surface area (Å²) in [4.78, 5) is 12.1. The number of carbonyl (C=O) groups excluding carboxylic acids is 1. The van der Waals surface area contributed by atoms with Gasteiger partial charge in [0.25, 0.3) is 0 Å². The fourth-order valence-corrected chi connectivity index (χ4v) is 3.04. The second kappa shape index (κ2) is 10.6. The van der Waals surface area contributed by atoms with E-state index in [9.17, 15) is 4.79 Å². The third-order valence-corrected chi connectivity index (χ3v) is 4.60. The van der Waals surface area contributed by atoms with Crippen LogP contribution < -0.4 is 15.4 Å². The van der Waals surface area contributed by atoms with Crippen LogP contribution in [0.2, 0.25) is 5.02 Å². The van der Waals surface area contributed by atoms with Gasteiger partial charge in [-0.1, -0.05) is 54.1 Å². The first-order chi connectivity index (χ1) is 14.1. The van der Waals surface area contributed by atoms with E-state index in [0.29, 0.717) is 11.6 Å². The van der Waals surface area contributed by atoms with Crippen molar-refractivity contribution in [3.8, 4) is 5.75 Å². The third-order valence-electron chi connectivity index (χ3n) is 4.15. The largest absolute Gasteiger partial charge is 0.493 e. The summed E-state index contributed by atoms with van der Waals surface area (Å²) in [7, 11) is 0. The first kappa shape index (κ1) is 20.8. The average Bonchev–Trinajstić information content (AvgIpc) is 2.72. The van der Waals surface area contributed by atoms with Gasteiger partial charge in [0.15, 0.2) is 5.11 Å². The van der Waals surface area contributed by atoms with Gasteiger partial charge in [0, 0.05) is 17.1 Å². The predicted octanol–water partition coefficient (Wildman–Crippen LogP) is 5.02. The maximum atomic E-state index is 12.1. The average molecular weight is 425 g/mol. The Kier molecular flexibility index (Phi) is 7.61. The minimum Gasteiger partial charge on any atom is -0.493 e. The number of carbonyl (C=O) groups is 1. The standard InChI is InChI=1S/C23H21ClN2O2S/c24-19-8-6-18(7-9-19)16-22(27)26-23(29)25-20-10-12-21(13-11-20)28-15-14-17-4-2-1-3-5-17/h1-13H,14-16H2,(H2,25,26,27,29). The van der Waals surface area contributed by atoms with Gasteiger partial charge in [-0.2, -0.15) is 0 Å². The molecule has 1 amide bonds. The van der Waals surface area contributed by atoms with E-state index in [1.807, 2.05) is 54.6 Å². The van der Waals surface area contributed by atoms with Crippen LogP contribution in [0.3, 0.4) is 0 Å². The molecule has 3 aromatic carbocycles. The topological polar surface area (TPSA) is 50.4 Å². The molecule has 2 N–H and O–H groups in total. The molecule has 4 nitrogen and oxygen atoms in total. The van der Waals surface area contributed by atoms with Crippen LogP contribution in [0.5, 0.6) is 5.75 Å². The highest BCUT2D eigenvalue weighted by Gasteiger charge is 2.07. The van der Waals surface area contributed by atoms with Crippen molar-refractivity contribution >= 4 is 40.5 Å². The summed E-state index contributed by atoms with van der Waals surface area (Å²) in [5.74, 6) is 0.592. The molecular formula is C23H21ClN2O2S. The Morgan fingerprint density at radius 3 is 2.28 bits per heavy atom. The van der Waals surface area contributed by atoms with Gasteiger partial charge in [0.2, 0.25) is 5.91 Å². The highest BCUT2D eigenvalue weighted by atomic mass is 35.5. The van der Waals surface area contributed by atoms with Crippen LogP contribution in [0.4, 0.5) is 5.69 Å². The van der Waals surface area contributed by atoms with Gasteiger partial charge in [0.05, 0.1) is 13.0 Å². The quantitative estimate of drug-likeness (QED) is 0.523. The molecule has 0 aromatic heterocycles. The number of benzene rings is 3. The second-order valence-corrected chi connectivity index (χ2v) is 7.26. The zero-order valence-electron chi connectivity index (χ0n) is 15.7. The smallest absolute Gasteiger partial charge is 0.230 e. The Balaban J connectivity index is 1.42. The van der Waals surface area contributed by atoms with Gasteiger partial charge in [-0.25, -0.2) is 0 Å². The summed E-state index contributed by atoms with van der Waals surface area (Å²) in [5, 5.41) is 6.56. The van der Waals surface area contributed by atoms with Gasteiger partial charge in [0.1, 0.15) is 5.75 Å². The lowest BCUT2D eigenvalue weighted by Crippen LogP contribution is -2.35. The van der Waals surface area contributed by atoms with Crippen molar-refractivity contribution in [2.24, 2.45) is 0 Å². The molecule has 0 fully saturated rings. The molecule has 0 atom stereocenters. The SMILES string of the molecule is O=C(Cc1ccc(Cl)cc1)NC(=S)Nc1ccc(OCCc2ccccc2)cc1. The first-order valence-electron chi connectivity index (χ1n) is 9.20. The molecule has 0 heterocycles. The van der Waals surface area contributed by atoms with Crippen molar-refractivity contribution in [3.05, 3.63) is 95.0 Å². The van der Waals surface area contributed by atoms with Crippen molar-refractivity contribution in [1.29, 1.82) is 0 Å². The number of amides is 1. The minimum absolute atomic E-state index is 0.189. The maximum absolute atomic E-state index is 12.1. The summed E-state index contributed by atoms with van der Waals surface area (Å²) in [5.41, 5.74) is 2.88. The molecule has 6 heteroatoms. The van der Waals surface area contributed by atoms with Gasteiger partial charge >= 0.3 is 0 Å². The Labute approximate surface area is 180 Å². The molecule has 0 radical (unpaired) electrons. The van der Waals surface area contributed by atoms with E-state index in [1.54, 1.807) is 12.1 Å². The molecule has 0 bridgehead atoms. The molecular weight excluding hydrogens is 404 g/mol. The number of thiocarbonyl (C=S) groups is 1. The van der Waals surface area contributed by atoms with E-state index in [2.05, 4.69) is 22.8 Å². The lowest BCUT2D eigenvalue weighted by Gasteiger charge is -2.11. The maximum Gasteiger partial charge on any atom is 0.230 e. The highest BCUT2D eigenvalue weighted by molar-refractivity contribution is 7.80. The molecule has 0 aliphatic heterocycles. The number of halogens is 1. The van der Waals surface area contributed by atoms with E-state index in [1.165, 1.54) is 5.56 Å². The number of anilines is 1. The minimum atomic E-state index is -0.189. The van der Waals surface area contributed by atoms with Gasteiger partial charge in [-0.05, 0) is 59.7 Å². The van der Waals surface area contributed by atoms with E-state index >= 15 is 0 Å². The molecule has 3 aromatic rings. The highest BCUT2D eigenvalue weighted by Crippen LogP contribution is 2.16.